The highest BCUT2D eigenvalue weighted by molar-refractivity contribution is 7.92. The molecule has 2 aromatic rings. The summed E-state index contributed by atoms with van der Waals surface area (Å²) in [5.74, 6) is 0.394. The molecule has 1 fully saturated rings. The van der Waals surface area contributed by atoms with Crippen molar-refractivity contribution in [2.75, 3.05) is 17.8 Å². The van der Waals surface area contributed by atoms with E-state index in [0.29, 0.717) is 36.1 Å². The van der Waals surface area contributed by atoms with Crippen molar-refractivity contribution in [2.45, 2.75) is 52.4 Å². The van der Waals surface area contributed by atoms with Crippen LogP contribution >= 0.6 is 0 Å². The van der Waals surface area contributed by atoms with Gasteiger partial charge in [0.15, 0.2) is 0 Å². The van der Waals surface area contributed by atoms with E-state index in [1.54, 1.807) is 35.6 Å². The topological polar surface area (TPSA) is 71.4 Å². The summed E-state index contributed by atoms with van der Waals surface area (Å²) in [5.41, 5.74) is 3.98. The first-order valence-electron chi connectivity index (χ1n) is 10.1. The minimum absolute atomic E-state index is 0.0836. The largest absolute Gasteiger partial charge is 0.350 e. The van der Waals surface area contributed by atoms with Gasteiger partial charge in [-0.05, 0) is 69.7 Å². The van der Waals surface area contributed by atoms with Crippen LogP contribution in [0.3, 0.4) is 0 Å². The summed E-state index contributed by atoms with van der Waals surface area (Å²) in [7, 11) is -2.12. The Hall–Kier alpha value is -2.28. The molecular formula is C22H31N3O3S. The van der Waals surface area contributed by atoms with Crippen LogP contribution in [0, 0.1) is 33.6 Å². The number of benzene rings is 1. The monoisotopic (exact) mass is 417 g/mol. The summed E-state index contributed by atoms with van der Waals surface area (Å²) in [6, 6.07) is 5.58. The van der Waals surface area contributed by atoms with Gasteiger partial charge in [0, 0.05) is 37.2 Å². The van der Waals surface area contributed by atoms with Crippen LogP contribution in [0.4, 0.5) is 5.69 Å². The van der Waals surface area contributed by atoms with Gasteiger partial charge in [-0.25, -0.2) is 8.42 Å². The zero-order valence-corrected chi connectivity index (χ0v) is 19.0. The van der Waals surface area contributed by atoms with Crippen molar-refractivity contribution < 1.29 is 13.2 Å². The van der Waals surface area contributed by atoms with E-state index in [0.717, 1.165) is 24.0 Å². The Balaban J connectivity index is 2.04. The molecule has 0 unspecified atom stereocenters. The lowest BCUT2D eigenvalue weighted by Crippen LogP contribution is -2.38. The van der Waals surface area contributed by atoms with Crippen molar-refractivity contribution in [3.63, 3.8) is 0 Å². The van der Waals surface area contributed by atoms with E-state index in [2.05, 4.69) is 11.6 Å². The number of carbonyl (C=O) groups is 1. The number of aromatic nitrogens is 1. The third-order valence-corrected chi connectivity index (χ3v) is 7.49. The smallest absolute Gasteiger partial charge is 0.264 e. The summed E-state index contributed by atoms with van der Waals surface area (Å²) >= 11 is 0. The number of nitrogens with zero attached hydrogens (tertiary/aromatic N) is 2. The van der Waals surface area contributed by atoms with Crippen molar-refractivity contribution in [2.24, 2.45) is 13.0 Å². The number of carbonyl (C=O) groups excluding carboxylic acids is 1. The average Bonchev–Trinajstić information content (AvgIpc) is 2.85. The second-order valence-corrected chi connectivity index (χ2v) is 10.0. The molecule has 1 amide bonds. The Morgan fingerprint density at radius 2 is 1.55 bits per heavy atom. The first kappa shape index (κ1) is 21.4. The van der Waals surface area contributed by atoms with Crippen LogP contribution in [0.25, 0.3) is 0 Å². The van der Waals surface area contributed by atoms with Crippen molar-refractivity contribution in [1.29, 1.82) is 0 Å². The minimum atomic E-state index is -3.92. The minimum Gasteiger partial charge on any atom is -0.350 e. The molecule has 1 saturated heterocycles. The van der Waals surface area contributed by atoms with E-state index in [1.165, 1.54) is 0 Å². The Bertz CT molecular complexity index is 1030. The van der Waals surface area contributed by atoms with Crippen LogP contribution in [-0.4, -0.2) is 36.9 Å². The molecule has 0 radical (unpaired) electrons. The number of piperidine rings is 1. The third kappa shape index (κ3) is 4.20. The molecule has 0 aliphatic carbocycles. The normalized spacial score (nSPS) is 15.6. The molecule has 158 valence electrons. The van der Waals surface area contributed by atoms with E-state index >= 15 is 0 Å². The van der Waals surface area contributed by atoms with Gasteiger partial charge in [-0.3, -0.25) is 9.52 Å². The fourth-order valence-corrected chi connectivity index (χ4v) is 5.67. The van der Waals surface area contributed by atoms with Gasteiger partial charge in [0.05, 0.1) is 5.56 Å². The Morgan fingerprint density at radius 1 is 1.00 bits per heavy atom. The average molecular weight is 418 g/mol. The Labute approximate surface area is 174 Å². The van der Waals surface area contributed by atoms with Gasteiger partial charge in [-0.1, -0.05) is 13.0 Å². The predicted octanol–water partition coefficient (Wildman–Crippen LogP) is 3.93. The van der Waals surface area contributed by atoms with Crippen molar-refractivity contribution in [3.05, 3.63) is 46.3 Å². The Morgan fingerprint density at radius 3 is 2.10 bits per heavy atom. The van der Waals surface area contributed by atoms with E-state index in [9.17, 15) is 13.2 Å². The van der Waals surface area contributed by atoms with Crippen molar-refractivity contribution >= 4 is 21.6 Å². The van der Waals surface area contributed by atoms with Crippen LogP contribution in [0.1, 0.15) is 52.6 Å². The summed E-state index contributed by atoms with van der Waals surface area (Å²) in [6.07, 6.45) is 1.89. The Kier molecular flexibility index (Phi) is 5.81. The molecule has 0 bridgehead atoms. The maximum Gasteiger partial charge on any atom is 0.264 e. The molecule has 2 heterocycles. The maximum absolute atomic E-state index is 13.4. The number of hydrogen-bond donors (Lipinski definition) is 1. The molecule has 1 aromatic carbocycles. The number of nitrogens with one attached hydrogen (secondary N) is 1. The maximum atomic E-state index is 13.4. The molecule has 1 aliphatic rings. The SMILES string of the molecule is Cc1cc(C)cc(NS(=O)(=O)c2c(C(=O)N3CCC(C)CC3)c(C)n(C)c2C)c1. The molecule has 1 aliphatic heterocycles. The quantitative estimate of drug-likeness (QED) is 0.819. The molecule has 6 nitrogen and oxygen atoms in total. The van der Waals surface area contributed by atoms with E-state index in [4.69, 9.17) is 0 Å². The number of rotatable bonds is 4. The predicted molar refractivity (Wildman–Crippen MR) is 116 cm³/mol. The molecule has 7 heteroatoms. The van der Waals surface area contributed by atoms with Gasteiger partial charge in [-0.15, -0.1) is 0 Å². The molecular weight excluding hydrogens is 386 g/mol. The number of sulfonamides is 1. The zero-order valence-electron chi connectivity index (χ0n) is 18.2. The van der Waals surface area contributed by atoms with Gasteiger partial charge in [0.2, 0.25) is 0 Å². The summed E-state index contributed by atoms with van der Waals surface area (Å²) in [5, 5.41) is 0. The van der Waals surface area contributed by atoms with Crippen molar-refractivity contribution in [1.82, 2.24) is 9.47 Å². The third-order valence-electron chi connectivity index (χ3n) is 5.95. The van der Waals surface area contributed by atoms with E-state index < -0.39 is 10.0 Å². The molecule has 0 saturated carbocycles. The molecule has 0 atom stereocenters. The highest BCUT2D eigenvalue weighted by Crippen LogP contribution is 2.30. The van der Waals surface area contributed by atoms with E-state index in [-0.39, 0.29) is 16.4 Å². The molecule has 1 N–H and O–H groups in total. The molecule has 1 aromatic heterocycles. The highest BCUT2D eigenvalue weighted by Gasteiger charge is 2.34. The van der Waals surface area contributed by atoms with Gasteiger partial charge < -0.3 is 9.47 Å². The van der Waals surface area contributed by atoms with Crippen LogP contribution in [0.5, 0.6) is 0 Å². The fraction of sp³-hybridized carbons (Fsp3) is 0.500. The first-order chi connectivity index (χ1) is 13.5. The zero-order chi connectivity index (χ0) is 21.5. The number of hydrogen-bond acceptors (Lipinski definition) is 3. The van der Waals surface area contributed by atoms with E-state index in [1.807, 2.05) is 26.8 Å². The molecule has 29 heavy (non-hydrogen) atoms. The van der Waals surface area contributed by atoms with Gasteiger partial charge in [0.25, 0.3) is 15.9 Å². The van der Waals surface area contributed by atoms with Gasteiger partial charge in [-0.2, -0.15) is 0 Å². The second kappa shape index (κ2) is 7.86. The molecule has 3 rings (SSSR count). The van der Waals surface area contributed by atoms with Gasteiger partial charge in [0.1, 0.15) is 4.90 Å². The van der Waals surface area contributed by atoms with Crippen LogP contribution in [0.2, 0.25) is 0 Å². The van der Waals surface area contributed by atoms with Gasteiger partial charge >= 0.3 is 0 Å². The lowest BCUT2D eigenvalue weighted by molar-refractivity contribution is 0.0692. The number of amides is 1. The summed E-state index contributed by atoms with van der Waals surface area (Å²) in [6.45, 7) is 10.9. The van der Waals surface area contributed by atoms with Crippen molar-refractivity contribution in [3.8, 4) is 0 Å². The van der Waals surface area contributed by atoms with Crippen LogP contribution < -0.4 is 4.72 Å². The summed E-state index contributed by atoms with van der Waals surface area (Å²) < 4.78 is 31.2. The standard InChI is InChI=1S/C22H31N3O3S/c1-14-7-9-25(10-8-14)22(26)20-17(4)24(6)18(5)21(20)29(27,28)23-19-12-15(2)11-16(3)13-19/h11-14,23H,7-10H2,1-6H3. The number of likely N-dealkylation sites (tertiary alicyclic amines) is 1. The second-order valence-electron chi connectivity index (χ2n) is 8.39. The fourth-order valence-electron chi connectivity index (χ4n) is 4.11. The summed E-state index contributed by atoms with van der Waals surface area (Å²) in [4.78, 5) is 15.2. The first-order valence-corrected chi connectivity index (χ1v) is 11.6. The molecule has 0 spiro atoms. The number of anilines is 1. The highest BCUT2D eigenvalue weighted by atomic mass is 32.2. The number of aryl methyl sites for hydroxylation is 2. The lowest BCUT2D eigenvalue weighted by atomic mass is 9.98. The van der Waals surface area contributed by atoms with Crippen LogP contribution in [0.15, 0.2) is 23.1 Å². The lowest BCUT2D eigenvalue weighted by Gasteiger charge is -2.30. The van der Waals surface area contributed by atoms with Crippen LogP contribution in [-0.2, 0) is 17.1 Å².